The fourth-order valence-electron chi connectivity index (χ4n) is 3.13. The van der Waals surface area contributed by atoms with Crippen LogP contribution in [0, 0.1) is 0 Å². The summed E-state index contributed by atoms with van der Waals surface area (Å²) in [5, 5.41) is 3.66. The van der Waals surface area contributed by atoms with E-state index in [1.165, 1.54) is 11.3 Å². The molecular weight excluding hydrogens is 260 g/mol. The fourth-order valence-corrected chi connectivity index (χ4v) is 3.13. The second-order valence-electron chi connectivity index (χ2n) is 5.67. The maximum Gasteiger partial charge on any atom is 0.124 e. The van der Waals surface area contributed by atoms with Gasteiger partial charge in [0.05, 0.1) is 28.8 Å². The standard InChI is InChI=1S/C17H18N4/c1-11(17-20-13-6-2-3-7-14(13)21-17)19-15-9-8-12-5-4-10-18-16(12)15/h2-7,10-11,15,19H,8-9H2,1H3,(H,20,21). The van der Waals surface area contributed by atoms with Crippen molar-refractivity contribution in [3.63, 3.8) is 0 Å². The Morgan fingerprint density at radius 1 is 1.24 bits per heavy atom. The number of nitrogens with zero attached hydrogens (tertiary/aromatic N) is 2. The molecule has 0 saturated carbocycles. The third-order valence-electron chi connectivity index (χ3n) is 4.23. The maximum atomic E-state index is 4.67. The lowest BCUT2D eigenvalue weighted by atomic mass is 10.2. The molecule has 0 aliphatic heterocycles. The summed E-state index contributed by atoms with van der Waals surface area (Å²) in [6.07, 6.45) is 4.09. The van der Waals surface area contributed by atoms with E-state index in [1.807, 2.05) is 30.5 Å². The second kappa shape index (κ2) is 4.97. The van der Waals surface area contributed by atoms with E-state index in [2.05, 4.69) is 39.3 Å². The Kier molecular flexibility index (Phi) is 2.97. The molecule has 106 valence electrons. The summed E-state index contributed by atoms with van der Waals surface area (Å²) < 4.78 is 0. The van der Waals surface area contributed by atoms with E-state index in [9.17, 15) is 0 Å². The Labute approximate surface area is 123 Å². The minimum atomic E-state index is 0.176. The Morgan fingerprint density at radius 2 is 2.14 bits per heavy atom. The molecule has 1 aromatic carbocycles. The Morgan fingerprint density at radius 3 is 3.05 bits per heavy atom. The van der Waals surface area contributed by atoms with Crippen molar-refractivity contribution in [2.45, 2.75) is 31.8 Å². The number of H-pyrrole nitrogens is 1. The summed E-state index contributed by atoms with van der Waals surface area (Å²) in [4.78, 5) is 12.6. The quantitative estimate of drug-likeness (QED) is 0.773. The number of rotatable bonds is 3. The molecule has 0 spiro atoms. The topological polar surface area (TPSA) is 53.6 Å². The highest BCUT2D eigenvalue weighted by molar-refractivity contribution is 5.74. The highest BCUT2D eigenvalue weighted by atomic mass is 15.0. The van der Waals surface area contributed by atoms with Gasteiger partial charge in [-0.15, -0.1) is 0 Å². The van der Waals surface area contributed by atoms with Gasteiger partial charge in [-0.1, -0.05) is 18.2 Å². The van der Waals surface area contributed by atoms with Crippen molar-refractivity contribution in [1.82, 2.24) is 20.3 Å². The number of pyridine rings is 1. The maximum absolute atomic E-state index is 4.67. The van der Waals surface area contributed by atoms with Gasteiger partial charge in [-0.25, -0.2) is 4.98 Å². The van der Waals surface area contributed by atoms with Gasteiger partial charge < -0.3 is 4.98 Å². The molecule has 3 aromatic rings. The number of aryl methyl sites for hydroxylation is 1. The fraction of sp³-hybridized carbons (Fsp3) is 0.294. The average molecular weight is 278 g/mol. The van der Waals surface area contributed by atoms with E-state index >= 15 is 0 Å². The first-order valence-corrected chi connectivity index (χ1v) is 7.46. The zero-order valence-electron chi connectivity index (χ0n) is 12.0. The highest BCUT2D eigenvalue weighted by Crippen LogP contribution is 2.31. The van der Waals surface area contributed by atoms with Gasteiger partial charge in [0.1, 0.15) is 5.82 Å². The molecule has 21 heavy (non-hydrogen) atoms. The number of aromatic nitrogens is 3. The molecule has 2 aromatic heterocycles. The van der Waals surface area contributed by atoms with Gasteiger partial charge >= 0.3 is 0 Å². The van der Waals surface area contributed by atoms with Crippen molar-refractivity contribution in [3.05, 3.63) is 59.7 Å². The van der Waals surface area contributed by atoms with Crippen LogP contribution in [0.25, 0.3) is 11.0 Å². The number of fused-ring (bicyclic) bond motifs is 2. The zero-order chi connectivity index (χ0) is 14.2. The third kappa shape index (κ3) is 2.21. The van der Waals surface area contributed by atoms with Crippen LogP contribution in [0.4, 0.5) is 0 Å². The number of para-hydroxylation sites is 2. The van der Waals surface area contributed by atoms with Crippen molar-refractivity contribution in [2.75, 3.05) is 0 Å². The molecule has 1 aliphatic carbocycles. The van der Waals surface area contributed by atoms with Crippen LogP contribution in [0.15, 0.2) is 42.6 Å². The first kappa shape index (κ1) is 12.5. The Hall–Kier alpha value is -2.20. The van der Waals surface area contributed by atoms with Crippen LogP contribution < -0.4 is 5.32 Å². The van der Waals surface area contributed by atoms with Crippen LogP contribution in [0.2, 0.25) is 0 Å². The van der Waals surface area contributed by atoms with E-state index in [0.29, 0.717) is 6.04 Å². The number of hydrogen-bond acceptors (Lipinski definition) is 3. The molecule has 4 nitrogen and oxygen atoms in total. The molecule has 2 N–H and O–H groups in total. The van der Waals surface area contributed by atoms with Crippen LogP contribution >= 0.6 is 0 Å². The summed E-state index contributed by atoms with van der Waals surface area (Å²) in [5.41, 5.74) is 4.67. The van der Waals surface area contributed by atoms with Gasteiger partial charge in [-0.3, -0.25) is 10.3 Å². The van der Waals surface area contributed by atoms with Gasteiger partial charge in [0, 0.05) is 6.20 Å². The van der Waals surface area contributed by atoms with Crippen molar-refractivity contribution in [2.24, 2.45) is 0 Å². The number of imidazole rings is 1. The molecule has 0 bridgehead atoms. The first-order valence-electron chi connectivity index (χ1n) is 7.46. The third-order valence-corrected chi connectivity index (χ3v) is 4.23. The number of nitrogens with one attached hydrogen (secondary N) is 2. The number of benzene rings is 1. The number of aromatic amines is 1. The molecule has 2 atom stereocenters. The van der Waals surface area contributed by atoms with E-state index in [4.69, 9.17) is 0 Å². The molecule has 0 fully saturated rings. The van der Waals surface area contributed by atoms with Crippen molar-refractivity contribution in [3.8, 4) is 0 Å². The normalized spacial score (nSPS) is 18.8. The van der Waals surface area contributed by atoms with Crippen LogP contribution in [0.1, 0.15) is 42.5 Å². The Balaban J connectivity index is 1.57. The van der Waals surface area contributed by atoms with Crippen LogP contribution in [-0.2, 0) is 6.42 Å². The average Bonchev–Trinajstić information content (AvgIpc) is 3.11. The lowest BCUT2D eigenvalue weighted by Gasteiger charge is -2.18. The van der Waals surface area contributed by atoms with E-state index in [0.717, 1.165) is 29.7 Å². The first-order chi connectivity index (χ1) is 10.3. The molecule has 2 heterocycles. The lowest BCUT2D eigenvalue weighted by molar-refractivity contribution is 0.447. The second-order valence-corrected chi connectivity index (χ2v) is 5.67. The summed E-state index contributed by atoms with van der Waals surface area (Å²) in [7, 11) is 0. The molecule has 0 radical (unpaired) electrons. The molecule has 0 saturated heterocycles. The SMILES string of the molecule is CC(NC1CCc2cccnc21)c1nc2ccccc2[nH]1. The minimum Gasteiger partial charge on any atom is -0.341 e. The lowest BCUT2D eigenvalue weighted by Crippen LogP contribution is -2.24. The molecule has 4 rings (SSSR count). The summed E-state index contributed by atoms with van der Waals surface area (Å²) in [6, 6.07) is 12.8. The van der Waals surface area contributed by atoms with Gasteiger partial charge in [0.2, 0.25) is 0 Å². The van der Waals surface area contributed by atoms with Crippen molar-refractivity contribution in [1.29, 1.82) is 0 Å². The summed E-state index contributed by atoms with van der Waals surface area (Å²) in [6.45, 7) is 2.15. The molecule has 1 aliphatic rings. The van der Waals surface area contributed by atoms with E-state index in [1.54, 1.807) is 0 Å². The molecule has 2 unspecified atom stereocenters. The predicted molar refractivity (Wildman–Crippen MR) is 82.9 cm³/mol. The van der Waals surface area contributed by atoms with Gasteiger partial charge in [0.15, 0.2) is 0 Å². The van der Waals surface area contributed by atoms with E-state index < -0.39 is 0 Å². The van der Waals surface area contributed by atoms with Crippen molar-refractivity contribution >= 4 is 11.0 Å². The summed E-state index contributed by atoms with van der Waals surface area (Å²) >= 11 is 0. The smallest absolute Gasteiger partial charge is 0.124 e. The van der Waals surface area contributed by atoms with Crippen LogP contribution in [-0.4, -0.2) is 15.0 Å². The van der Waals surface area contributed by atoms with Gasteiger partial charge in [-0.2, -0.15) is 0 Å². The number of hydrogen-bond donors (Lipinski definition) is 2. The monoisotopic (exact) mass is 278 g/mol. The predicted octanol–water partition coefficient (Wildman–Crippen LogP) is 3.30. The van der Waals surface area contributed by atoms with Gasteiger partial charge in [-0.05, 0) is 43.5 Å². The molecule has 0 amide bonds. The van der Waals surface area contributed by atoms with Crippen LogP contribution in [0.5, 0.6) is 0 Å². The van der Waals surface area contributed by atoms with E-state index in [-0.39, 0.29) is 6.04 Å². The van der Waals surface area contributed by atoms with Gasteiger partial charge in [0.25, 0.3) is 0 Å². The Bertz CT molecular complexity index is 744. The minimum absolute atomic E-state index is 0.176. The highest BCUT2D eigenvalue weighted by Gasteiger charge is 2.25. The summed E-state index contributed by atoms with van der Waals surface area (Å²) in [5.74, 6) is 0.987. The zero-order valence-corrected chi connectivity index (χ0v) is 12.0. The van der Waals surface area contributed by atoms with Crippen molar-refractivity contribution < 1.29 is 0 Å². The molecular formula is C17H18N4. The largest absolute Gasteiger partial charge is 0.341 e. The van der Waals surface area contributed by atoms with Crippen LogP contribution in [0.3, 0.4) is 0 Å². The molecule has 4 heteroatoms.